The molecule has 0 radical (unpaired) electrons. The first-order valence-corrected chi connectivity index (χ1v) is 4.44. The third kappa shape index (κ3) is 2.00. The lowest BCUT2D eigenvalue weighted by Crippen LogP contribution is -2.41. The van der Waals surface area contributed by atoms with Crippen molar-refractivity contribution in [3.63, 3.8) is 0 Å². The van der Waals surface area contributed by atoms with Gasteiger partial charge in [0.25, 0.3) is 0 Å². The lowest BCUT2D eigenvalue weighted by Gasteiger charge is -2.11. The maximum atomic E-state index is 11.3. The molecule has 76 valence electrons. The summed E-state index contributed by atoms with van der Waals surface area (Å²) in [7, 11) is 0. The molecule has 14 heavy (non-hydrogen) atoms. The van der Waals surface area contributed by atoms with Gasteiger partial charge >= 0.3 is 17.2 Å². The van der Waals surface area contributed by atoms with Crippen LogP contribution in [-0.4, -0.2) is 46.4 Å². The standard InChI is InChI=1S/C5H5N3O5S/c9-4(10)3(5(11)12)14(13)8-2-1-6-7-8/h1-3H,(H,9,10)(H,11,12). The van der Waals surface area contributed by atoms with Crippen molar-refractivity contribution in [2.75, 3.05) is 0 Å². The van der Waals surface area contributed by atoms with Crippen LogP contribution in [0.1, 0.15) is 0 Å². The Labute approximate surface area is 80.5 Å². The van der Waals surface area contributed by atoms with E-state index in [4.69, 9.17) is 10.2 Å². The van der Waals surface area contributed by atoms with E-state index in [-0.39, 0.29) is 0 Å². The first-order valence-electron chi connectivity index (χ1n) is 3.27. The van der Waals surface area contributed by atoms with Crippen LogP contribution in [0, 0.1) is 0 Å². The van der Waals surface area contributed by atoms with Crippen molar-refractivity contribution < 1.29 is 24.4 Å². The third-order valence-electron chi connectivity index (χ3n) is 1.24. The highest BCUT2D eigenvalue weighted by atomic mass is 32.2. The molecule has 9 heteroatoms. The molecule has 0 aromatic carbocycles. The molecule has 0 fully saturated rings. The zero-order valence-electron chi connectivity index (χ0n) is 6.60. The van der Waals surface area contributed by atoms with Gasteiger partial charge in [-0.25, -0.2) is 9.59 Å². The van der Waals surface area contributed by atoms with Crippen molar-refractivity contribution in [1.82, 2.24) is 14.4 Å². The second-order valence-corrected chi connectivity index (χ2v) is 3.54. The van der Waals surface area contributed by atoms with Crippen LogP contribution >= 0.6 is 0 Å². The molecule has 0 saturated carbocycles. The quantitative estimate of drug-likeness (QED) is 0.457. The van der Waals surface area contributed by atoms with Crippen molar-refractivity contribution in [3.8, 4) is 0 Å². The van der Waals surface area contributed by atoms with Crippen LogP contribution in [0.3, 0.4) is 0 Å². The van der Waals surface area contributed by atoms with E-state index in [1.54, 1.807) is 0 Å². The lowest BCUT2D eigenvalue weighted by atomic mass is 10.4. The number of aliphatic carboxylic acids is 2. The normalized spacial score (nSPS) is 12.7. The number of carbonyl (C=O) groups is 2. The van der Waals surface area contributed by atoms with Gasteiger partial charge in [-0.15, -0.1) is 5.10 Å². The molecule has 1 aromatic heterocycles. The highest BCUT2D eigenvalue weighted by Gasteiger charge is 2.40. The van der Waals surface area contributed by atoms with Crippen molar-refractivity contribution in [2.24, 2.45) is 0 Å². The maximum absolute atomic E-state index is 11.3. The van der Waals surface area contributed by atoms with Crippen LogP contribution in [0.25, 0.3) is 0 Å². The molecule has 1 rings (SSSR count). The fourth-order valence-electron chi connectivity index (χ4n) is 0.679. The van der Waals surface area contributed by atoms with Gasteiger partial charge in [-0.2, -0.15) is 0 Å². The maximum Gasteiger partial charge on any atom is 0.371 e. The molecule has 0 saturated heterocycles. The topological polar surface area (TPSA) is 128 Å². The summed E-state index contributed by atoms with van der Waals surface area (Å²) in [5.74, 6) is -3.38. The molecule has 1 unspecified atom stereocenters. The first kappa shape index (κ1) is 10.5. The molecule has 0 aliphatic rings. The first-order chi connectivity index (χ1) is 6.54. The minimum atomic E-state index is -2.31. The van der Waals surface area contributed by atoms with E-state index in [0.29, 0.717) is 4.09 Å². The Morgan fingerprint density at radius 1 is 1.43 bits per heavy atom. The van der Waals surface area contributed by atoms with E-state index < -0.39 is 28.6 Å². The summed E-state index contributed by atoms with van der Waals surface area (Å²) in [6.45, 7) is 0. The van der Waals surface area contributed by atoms with E-state index in [9.17, 15) is 14.1 Å². The summed E-state index contributed by atoms with van der Waals surface area (Å²) >= 11 is -2.31. The van der Waals surface area contributed by atoms with Crippen molar-refractivity contribution >= 4 is 23.3 Å². The van der Waals surface area contributed by atoms with E-state index in [1.807, 2.05) is 0 Å². The van der Waals surface area contributed by atoms with Crippen LogP contribution in [0.15, 0.2) is 12.4 Å². The van der Waals surface area contributed by atoms with Gasteiger partial charge in [-0.3, -0.25) is 0 Å². The molecule has 0 bridgehead atoms. The average Bonchev–Trinajstić information content (AvgIpc) is 2.53. The highest BCUT2D eigenvalue weighted by molar-refractivity contribution is 7.91. The van der Waals surface area contributed by atoms with E-state index in [2.05, 4.69) is 10.3 Å². The number of hydrogen-bond donors (Lipinski definition) is 2. The zero-order chi connectivity index (χ0) is 10.7. The average molecular weight is 219 g/mol. The summed E-state index contributed by atoms with van der Waals surface area (Å²) in [4.78, 5) is 20.9. The van der Waals surface area contributed by atoms with Gasteiger partial charge in [-0.05, 0) is 5.21 Å². The molecular formula is C5H5N3O5S. The summed E-state index contributed by atoms with van der Waals surface area (Å²) in [5.41, 5.74) is 0. The Morgan fingerprint density at radius 3 is 2.36 bits per heavy atom. The van der Waals surface area contributed by atoms with E-state index in [0.717, 1.165) is 6.20 Å². The molecule has 1 aromatic rings. The SMILES string of the molecule is O=C(O)C(C(=O)O)[S+]([O-])n1ccnn1. The summed E-state index contributed by atoms with van der Waals surface area (Å²) < 4.78 is 12.0. The number of nitrogens with zero attached hydrogens (tertiary/aromatic N) is 3. The molecular weight excluding hydrogens is 214 g/mol. The van der Waals surface area contributed by atoms with Gasteiger partial charge in [0.2, 0.25) is 0 Å². The minimum absolute atomic E-state index is 0.674. The van der Waals surface area contributed by atoms with Crippen molar-refractivity contribution in [1.29, 1.82) is 0 Å². The van der Waals surface area contributed by atoms with Crippen LogP contribution in [0.2, 0.25) is 0 Å². The van der Waals surface area contributed by atoms with Crippen LogP contribution in [-0.2, 0) is 21.0 Å². The third-order valence-corrected chi connectivity index (χ3v) is 2.61. The lowest BCUT2D eigenvalue weighted by molar-refractivity contribution is -0.146. The molecule has 0 aliphatic carbocycles. The number of carboxylic acid groups (broad SMARTS) is 2. The van der Waals surface area contributed by atoms with Crippen LogP contribution < -0.4 is 0 Å². The van der Waals surface area contributed by atoms with Crippen LogP contribution in [0.5, 0.6) is 0 Å². The largest absolute Gasteiger partial charge is 0.590 e. The molecule has 0 amide bonds. The number of hydrogen-bond acceptors (Lipinski definition) is 5. The molecule has 2 N–H and O–H groups in total. The Morgan fingerprint density at radius 2 is 2.00 bits per heavy atom. The van der Waals surface area contributed by atoms with Gasteiger partial charge in [0.1, 0.15) is 11.4 Å². The monoisotopic (exact) mass is 219 g/mol. The van der Waals surface area contributed by atoms with Crippen molar-refractivity contribution in [2.45, 2.75) is 5.25 Å². The van der Waals surface area contributed by atoms with E-state index >= 15 is 0 Å². The Hall–Kier alpha value is -1.61. The van der Waals surface area contributed by atoms with Crippen LogP contribution in [0.4, 0.5) is 0 Å². The fraction of sp³-hybridized carbons (Fsp3) is 0.200. The summed E-state index contributed by atoms with van der Waals surface area (Å²) in [6.07, 6.45) is 2.29. The fourth-order valence-corrected chi connectivity index (χ4v) is 1.53. The Kier molecular flexibility index (Phi) is 3.04. The van der Waals surface area contributed by atoms with Gasteiger partial charge in [0, 0.05) is 0 Å². The van der Waals surface area contributed by atoms with Gasteiger partial charge < -0.3 is 14.8 Å². The van der Waals surface area contributed by atoms with Gasteiger partial charge in [0.15, 0.2) is 0 Å². The zero-order valence-corrected chi connectivity index (χ0v) is 7.42. The molecule has 1 atom stereocenters. The van der Waals surface area contributed by atoms with Crippen molar-refractivity contribution in [3.05, 3.63) is 12.4 Å². The smallest absolute Gasteiger partial charge is 0.371 e. The molecule has 0 aliphatic heterocycles. The predicted molar refractivity (Wildman–Crippen MR) is 42.6 cm³/mol. The molecule has 1 heterocycles. The highest BCUT2D eigenvalue weighted by Crippen LogP contribution is 2.05. The number of aromatic nitrogens is 3. The van der Waals surface area contributed by atoms with E-state index in [1.165, 1.54) is 6.20 Å². The minimum Gasteiger partial charge on any atom is -0.590 e. The van der Waals surface area contributed by atoms with Gasteiger partial charge in [0.05, 0.1) is 12.4 Å². The Balaban J connectivity index is 2.90. The molecule has 8 nitrogen and oxygen atoms in total. The Bertz CT molecular complexity index is 325. The summed E-state index contributed by atoms with van der Waals surface area (Å²) in [6, 6.07) is 0. The van der Waals surface area contributed by atoms with Gasteiger partial charge in [-0.1, -0.05) is 4.09 Å². The second kappa shape index (κ2) is 4.07. The molecule has 0 spiro atoms. The predicted octanol–water partition coefficient (Wildman–Crippen LogP) is -1.67. The number of rotatable bonds is 4. The number of carboxylic acids is 2. The summed E-state index contributed by atoms with van der Waals surface area (Å²) in [5, 5.41) is 21.4. The second-order valence-electron chi connectivity index (χ2n) is 2.14.